The number of nitrogens with zero attached hydrogens (tertiary/aromatic N) is 3. The van der Waals surface area contributed by atoms with Crippen LogP contribution >= 0.6 is 11.8 Å². The van der Waals surface area contributed by atoms with Gasteiger partial charge in [-0.1, -0.05) is 44.7 Å². The summed E-state index contributed by atoms with van der Waals surface area (Å²) in [6.07, 6.45) is 1.96. The SMILES string of the molecule is CCn1c(SCC(=O)NC2CC2)nnc1C(C)Oc1ccc(C(C)(C)C)cc1. The molecule has 7 heteroatoms. The highest BCUT2D eigenvalue weighted by Gasteiger charge is 2.24. The van der Waals surface area contributed by atoms with Crippen molar-refractivity contribution in [2.24, 2.45) is 0 Å². The molecule has 1 saturated carbocycles. The van der Waals surface area contributed by atoms with Crippen LogP contribution < -0.4 is 10.1 Å². The summed E-state index contributed by atoms with van der Waals surface area (Å²) < 4.78 is 8.12. The van der Waals surface area contributed by atoms with Crippen LogP contribution in [0.2, 0.25) is 0 Å². The molecule has 152 valence electrons. The van der Waals surface area contributed by atoms with Gasteiger partial charge in [0.25, 0.3) is 0 Å². The Bertz CT molecular complexity index is 807. The molecule has 1 unspecified atom stereocenters. The topological polar surface area (TPSA) is 69.0 Å². The van der Waals surface area contributed by atoms with Crippen LogP contribution in [0.4, 0.5) is 0 Å². The molecule has 0 bridgehead atoms. The van der Waals surface area contributed by atoms with Crippen molar-refractivity contribution in [3.05, 3.63) is 35.7 Å². The van der Waals surface area contributed by atoms with Gasteiger partial charge in [-0.2, -0.15) is 0 Å². The predicted molar refractivity (Wildman–Crippen MR) is 112 cm³/mol. The largest absolute Gasteiger partial charge is 0.483 e. The van der Waals surface area contributed by atoms with Crippen LogP contribution in [0.25, 0.3) is 0 Å². The van der Waals surface area contributed by atoms with E-state index in [1.165, 1.54) is 17.3 Å². The number of carbonyl (C=O) groups excluding carboxylic acids is 1. The van der Waals surface area contributed by atoms with E-state index in [9.17, 15) is 4.79 Å². The van der Waals surface area contributed by atoms with Crippen LogP contribution in [-0.4, -0.2) is 32.5 Å². The van der Waals surface area contributed by atoms with Crippen molar-refractivity contribution in [3.63, 3.8) is 0 Å². The maximum Gasteiger partial charge on any atom is 0.230 e. The lowest BCUT2D eigenvalue weighted by atomic mass is 9.87. The van der Waals surface area contributed by atoms with Crippen LogP contribution in [0, 0.1) is 0 Å². The van der Waals surface area contributed by atoms with Gasteiger partial charge in [0.2, 0.25) is 5.91 Å². The molecule has 1 aliphatic carbocycles. The highest BCUT2D eigenvalue weighted by Crippen LogP contribution is 2.28. The number of aromatic nitrogens is 3. The van der Waals surface area contributed by atoms with Gasteiger partial charge in [0, 0.05) is 12.6 Å². The molecule has 3 rings (SSSR count). The molecule has 1 heterocycles. The fourth-order valence-corrected chi connectivity index (χ4v) is 3.74. The Labute approximate surface area is 171 Å². The number of benzene rings is 1. The van der Waals surface area contributed by atoms with E-state index in [1.54, 1.807) is 0 Å². The standard InChI is InChI=1S/C21H30N4O2S/c1-6-25-19(23-24-20(25)28-13-18(26)22-16-9-10-16)14(2)27-17-11-7-15(8-12-17)21(3,4)5/h7-8,11-12,14,16H,6,9-10,13H2,1-5H3,(H,22,26). The van der Waals surface area contributed by atoms with Gasteiger partial charge in [-0.3, -0.25) is 4.79 Å². The van der Waals surface area contributed by atoms with Gasteiger partial charge in [-0.05, 0) is 49.8 Å². The Hall–Kier alpha value is -2.02. The third kappa shape index (κ3) is 5.28. The second-order valence-corrected chi connectivity index (χ2v) is 9.19. The van der Waals surface area contributed by atoms with Gasteiger partial charge in [0.1, 0.15) is 5.75 Å². The molecule has 1 atom stereocenters. The van der Waals surface area contributed by atoms with E-state index < -0.39 is 0 Å². The molecular formula is C21H30N4O2S. The van der Waals surface area contributed by atoms with Gasteiger partial charge in [-0.25, -0.2) is 0 Å². The third-order valence-electron chi connectivity index (χ3n) is 4.73. The van der Waals surface area contributed by atoms with Crippen molar-refractivity contribution < 1.29 is 9.53 Å². The zero-order chi connectivity index (χ0) is 20.3. The summed E-state index contributed by atoms with van der Waals surface area (Å²) in [6.45, 7) is 11.3. The number of thioether (sulfide) groups is 1. The van der Waals surface area contributed by atoms with Crippen molar-refractivity contribution >= 4 is 17.7 Å². The monoisotopic (exact) mass is 402 g/mol. The van der Waals surface area contributed by atoms with Gasteiger partial charge in [-0.15, -0.1) is 10.2 Å². The quantitative estimate of drug-likeness (QED) is 0.673. The van der Waals surface area contributed by atoms with Crippen molar-refractivity contribution in [1.82, 2.24) is 20.1 Å². The Kier molecular flexibility index (Phi) is 6.33. The summed E-state index contributed by atoms with van der Waals surface area (Å²) in [4.78, 5) is 11.9. The Morgan fingerprint density at radius 3 is 2.54 bits per heavy atom. The van der Waals surface area contributed by atoms with E-state index in [0.29, 0.717) is 11.8 Å². The van der Waals surface area contributed by atoms with Crippen LogP contribution in [0.3, 0.4) is 0 Å². The summed E-state index contributed by atoms with van der Waals surface area (Å²) in [7, 11) is 0. The second kappa shape index (κ2) is 8.55. The molecule has 2 aromatic rings. The highest BCUT2D eigenvalue weighted by atomic mass is 32.2. The Balaban J connectivity index is 1.63. The molecular weight excluding hydrogens is 372 g/mol. The van der Waals surface area contributed by atoms with E-state index in [1.807, 2.05) is 30.5 Å². The molecule has 0 spiro atoms. The summed E-state index contributed by atoms with van der Waals surface area (Å²) in [5.74, 6) is 2.00. The second-order valence-electron chi connectivity index (χ2n) is 8.25. The lowest BCUT2D eigenvalue weighted by Gasteiger charge is -2.20. The van der Waals surface area contributed by atoms with E-state index in [2.05, 4.69) is 48.4 Å². The maximum absolute atomic E-state index is 11.9. The lowest BCUT2D eigenvalue weighted by molar-refractivity contribution is -0.118. The van der Waals surface area contributed by atoms with Crippen molar-refractivity contribution in [1.29, 1.82) is 0 Å². The van der Waals surface area contributed by atoms with Crippen LogP contribution in [0.5, 0.6) is 5.75 Å². The normalized spacial score (nSPS) is 15.3. The molecule has 0 radical (unpaired) electrons. The van der Waals surface area contributed by atoms with Gasteiger partial charge >= 0.3 is 0 Å². The van der Waals surface area contributed by atoms with E-state index in [-0.39, 0.29) is 17.4 Å². The zero-order valence-corrected chi connectivity index (χ0v) is 18.2. The fraction of sp³-hybridized carbons (Fsp3) is 0.571. The molecule has 0 aliphatic heterocycles. The molecule has 1 amide bonds. The Morgan fingerprint density at radius 2 is 1.96 bits per heavy atom. The smallest absolute Gasteiger partial charge is 0.230 e. The molecule has 1 aromatic carbocycles. The minimum absolute atomic E-state index is 0.0583. The summed E-state index contributed by atoms with van der Waals surface area (Å²) in [5, 5.41) is 12.4. The van der Waals surface area contributed by atoms with E-state index in [0.717, 1.165) is 36.1 Å². The molecule has 6 nitrogen and oxygen atoms in total. The van der Waals surface area contributed by atoms with Gasteiger partial charge < -0.3 is 14.6 Å². The van der Waals surface area contributed by atoms with Crippen molar-refractivity contribution in [3.8, 4) is 5.75 Å². The number of amides is 1. The first-order valence-electron chi connectivity index (χ1n) is 9.90. The predicted octanol–water partition coefficient (Wildman–Crippen LogP) is 4.11. The first-order chi connectivity index (χ1) is 13.3. The minimum atomic E-state index is -0.234. The van der Waals surface area contributed by atoms with Crippen LogP contribution in [0.15, 0.2) is 29.4 Å². The molecule has 1 fully saturated rings. The van der Waals surface area contributed by atoms with Gasteiger partial charge in [0.15, 0.2) is 17.1 Å². The molecule has 1 N–H and O–H groups in total. The molecule has 28 heavy (non-hydrogen) atoms. The third-order valence-corrected chi connectivity index (χ3v) is 5.70. The van der Waals surface area contributed by atoms with Crippen molar-refractivity contribution in [2.45, 2.75) is 76.7 Å². The summed E-state index contributed by atoms with van der Waals surface area (Å²) >= 11 is 1.42. The molecule has 0 saturated heterocycles. The number of hydrogen-bond donors (Lipinski definition) is 1. The highest BCUT2D eigenvalue weighted by molar-refractivity contribution is 7.99. The Morgan fingerprint density at radius 1 is 1.29 bits per heavy atom. The lowest BCUT2D eigenvalue weighted by Crippen LogP contribution is -2.27. The van der Waals surface area contributed by atoms with Crippen molar-refractivity contribution in [2.75, 3.05) is 5.75 Å². The minimum Gasteiger partial charge on any atom is -0.483 e. The number of carbonyl (C=O) groups is 1. The number of rotatable bonds is 8. The number of hydrogen-bond acceptors (Lipinski definition) is 5. The van der Waals surface area contributed by atoms with E-state index >= 15 is 0 Å². The number of nitrogens with one attached hydrogen (secondary N) is 1. The average Bonchev–Trinajstić information content (AvgIpc) is 3.35. The molecule has 1 aliphatic rings. The van der Waals surface area contributed by atoms with E-state index in [4.69, 9.17) is 4.74 Å². The average molecular weight is 403 g/mol. The van der Waals surface area contributed by atoms with Crippen LogP contribution in [0.1, 0.15) is 65.0 Å². The maximum atomic E-state index is 11.9. The van der Waals surface area contributed by atoms with Gasteiger partial charge in [0.05, 0.1) is 5.75 Å². The van der Waals surface area contributed by atoms with Crippen LogP contribution in [-0.2, 0) is 16.8 Å². The zero-order valence-electron chi connectivity index (χ0n) is 17.4. The molecule has 1 aromatic heterocycles. The number of ether oxygens (including phenoxy) is 1. The summed E-state index contributed by atoms with van der Waals surface area (Å²) in [6, 6.07) is 8.59. The first-order valence-corrected chi connectivity index (χ1v) is 10.9. The summed E-state index contributed by atoms with van der Waals surface area (Å²) in [5.41, 5.74) is 1.39. The first kappa shape index (κ1) is 20.7. The fourth-order valence-electron chi connectivity index (χ4n) is 2.92.